The lowest BCUT2D eigenvalue weighted by Gasteiger charge is -2.17. The zero-order valence-electron chi connectivity index (χ0n) is 14.6. The molecule has 2 aromatic rings. The van der Waals surface area contributed by atoms with Crippen molar-refractivity contribution < 1.29 is 4.79 Å². The van der Waals surface area contributed by atoms with Crippen molar-refractivity contribution in [2.45, 2.75) is 44.1 Å². The third kappa shape index (κ3) is 3.50. The number of rotatable bonds is 4. The molecule has 0 aromatic carbocycles. The van der Waals surface area contributed by atoms with Crippen molar-refractivity contribution >= 4 is 11.7 Å². The molecule has 2 fully saturated rings. The Bertz CT molecular complexity index is 734. The van der Waals surface area contributed by atoms with Crippen molar-refractivity contribution in [1.29, 1.82) is 0 Å². The minimum atomic E-state index is -0.111. The van der Waals surface area contributed by atoms with Crippen LogP contribution in [0.1, 0.15) is 54.1 Å². The highest BCUT2D eigenvalue weighted by atomic mass is 16.2. The molecule has 0 radical (unpaired) electrons. The van der Waals surface area contributed by atoms with Crippen molar-refractivity contribution in [2.24, 2.45) is 7.05 Å². The Morgan fingerprint density at radius 1 is 1.20 bits per heavy atom. The Morgan fingerprint density at radius 3 is 2.72 bits per heavy atom. The molecule has 1 N–H and O–H groups in total. The van der Waals surface area contributed by atoms with Gasteiger partial charge in [0, 0.05) is 38.3 Å². The number of nitrogens with one attached hydrogen (secondary N) is 1. The maximum absolute atomic E-state index is 12.2. The molecule has 7 heteroatoms. The fraction of sp³-hybridized carbons (Fsp3) is 0.556. The molecule has 1 aliphatic carbocycles. The number of carbonyl (C=O) groups is 1. The third-order valence-corrected chi connectivity index (χ3v) is 5.28. The molecule has 2 aromatic heterocycles. The highest BCUT2D eigenvalue weighted by Crippen LogP contribution is 2.29. The van der Waals surface area contributed by atoms with E-state index in [2.05, 4.69) is 31.7 Å². The van der Waals surface area contributed by atoms with E-state index >= 15 is 0 Å². The van der Waals surface area contributed by atoms with Crippen LogP contribution in [0.5, 0.6) is 0 Å². The maximum atomic E-state index is 12.2. The fourth-order valence-electron chi connectivity index (χ4n) is 3.84. The normalized spacial score (nSPS) is 21.0. The van der Waals surface area contributed by atoms with Crippen LogP contribution in [0, 0.1) is 0 Å². The number of amides is 1. The Labute approximate surface area is 147 Å². The van der Waals surface area contributed by atoms with E-state index in [1.54, 1.807) is 6.07 Å². The van der Waals surface area contributed by atoms with Crippen molar-refractivity contribution in [2.75, 3.05) is 18.0 Å². The molecule has 1 saturated heterocycles. The third-order valence-electron chi connectivity index (χ3n) is 5.28. The van der Waals surface area contributed by atoms with Crippen LogP contribution in [-0.2, 0) is 7.05 Å². The Kier molecular flexibility index (Phi) is 4.38. The smallest absolute Gasteiger partial charge is 0.272 e. The molecule has 132 valence electrons. The van der Waals surface area contributed by atoms with E-state index in [9.17, 15) is 4.79 Å². The van der Waals surface area contributed by atoms with Gasteiger partial charge >= 0.3 is 0 Å². The number of hydrogen-bond donors (Lipinski definition) is 1. The predicted octanol–water partition coefficient (Wildman–Crippen LogP) is 1.88. The summed E-state index contributed by atoms with van der Waals surface area (Å²) in [5.41, 5.74) is 1.67. The van der Waals surface area contributed by atoms with Crippen LogP contribution in [0.2, 0.25) is 0 Å². The molecule has 2 aliphatic rings. The fourth-order valence-corrected chi connectivity index (χ4v) is 3.84. The molecule has 25 heavy (non-hydrogen) atoms. The number of aromatic nitrogens is 4. The van der Waals surface area contributed by atoms with Gasteiger partial charge in [-0.1, -0.05) is 12.8 Å². The Morgan fingerprint density at radius 2 is 2.04 bits per heavy atom. The number of hydrogen-bond acceptors (Lipinski definition) is 5. The summed E-state index contributed by atoms with van der Waals surface area (Å²) in [6.45, 7) is 1.86. The first-order valence-corrected chi connectivity index (χ1v) is 9.07. The molecule has 1 saturated carbocycles. The number of anilines is 1. The molecule has 1 unspecified atom stereocenters. The highest BCUT2D eigenvalue weighted by molar-refractivity contribution is 5.92. The summed E-state index contributed by atoms with van der Waals surface area (Å²) in [4.78, 5) is 14.5. The molecule has 1 atom stereocenters. The second-order valence-electron chi connectivity index (χ2n) is 7.11. The van der Waals surface area contributed by atoms with Gasteiger partial charge in [0.25, 0.3) is 5.91 Å². The van der Waals surface area contributed by atoms with Gasteiger partial charge in [0.2, 0.25) is 0 Å². The first-order chi connectivity index (χ1) is 12.2. The standard InChI is InChI=1S/C18H24N6O/c1-23-11-14(10-19-23)13-8-9-24(12-13)17-7-6-16(21-22-17)18(25)20-15-4-2-3-5-15/h6-7,10-11,13,15H,2-5,8-9,12H2,1H3,(H,20,25). The molecular weight excluding hydrogens is 316 g/mol. The van der Waals surface area contributed by atoms with E-state index < -0.39 is 0 Å². The van der Waals surface area contributed by atoms with Gasteiger partial charge in [-0.2, -0.15) is 5.10 Å². The zero-order chi connectivity index (χ0) is 17.2. The van der Waals surface area contributed by atoms with Crippen LogP contribution in [0.4, 0.5) is 5.82 Å². The van der Waals surface area contributed by atoms with Crippen LogP contribution in [-0.4, -0.2) is 45.0 Å². The van der Waals surface area contributed by atoms with Crippen LogP contribution >= 0.6 is 0 Å². The van der Waals surface area contributed by atoms with Gasteiger partial charge in [0.1, 0.15) is 0 Å². The van der Waals surface area contributed by atoms with Gasteiger partial charge in [-0.3, -0.25) is 9.48 Å². The monoisotopic (exact) mass is 340 g/mol. The van der Waals surface area contributed by atoms with Gasteiger partial charge < -0.3 is 10.2 Å². The number of carbonyl (C=O) groups excluding carboxylic acids is 1. The Hall–Kier alpha value is -2.44. The minimum absolute atomic E-state index is 0.111. The van der Waals surface area contributed by atoms with E-state index in [-0.39, 0.29) is 5.91 Å². The average Bonchev–Trinajstić information content (AvgIpc) is 3.36. The van der Waals surface area contributed by atoms with E-state index in [4.69, 9.17) is 0 Å². The SMILES string of the molecule is Cn1cc(C2CCN(c3ccc(C(=O)NC4CCCC4)nn3)C2)cn1. The summed E-state index contributed by atoms with van der Waals surface area (Å²) in [7, 11) is 1.94. The number of nitrogens with zero attached hydrogens (tertiary/aromatic N) is 5. The van der Waals surface area contributed by atoms with Gasteiger partial charge in [0.15, 0.2) is 11.5 Å². The van der Waals surface area contributed by atoms with Crippen LogP contribution in [0.15, 0.2) is 24.5 Å². The summed E-state index contributed by atoms with van der Waals surface area (Å²) in [5.74, 6) is 1.20. The molecular formula is C18H24N6O. The number of aryl methyl sites for hydroxylation is 1. The van der Waals surface area contributed by atoms with E-state index in [0.717, 1.165) is 38.2 Å². The lowest BCUT2D eigenvalue weighted by molar-refractivity contribution is 0.0932. The zero-order valence-corrected chi connectivity index (χ0v) is 14.6. The lowest BCUT2D eigenvalue weighted by atomic mass is 10.0. The molecule has 0 bridgehead atoms. The summed E-state index contributed by atoms with van der Waals surface area (Å²) in [6, 6.07) is 3.99. The summed E-state index contributed by atoms with van der Waals surface area (Å²) in [5, 5.41) is 15.7. The summed E-state index contributed by atoms with van der Waals surface area (Å²) in [6.07, 6.45) is 9.64. The highest BCUT2D eigenvalue weighted by Gasteiger charge is 2.26. The van der Waals surface area contributed by atoms with E-state index in [1.165, 1.54) is 18.4 Å². The largest absolute Gasteiger partial charge is 0.354 e. The van der Waals surface area contributed by atoms with Crippen LogP contribution < -0.4 is 10.2 Å². The summed E-state index contributed by atoms with van der Waals surface area (Å²) >= 11 is 0. The second-order valence-corrected chi connectivity index (χ2v) is 7.11. The molecule has 1 aliphatic heterocycles. The molecule has 7 nitrogen and oxygen atoms in total. The topological polar surface area (TPSA) is 75.9 Å². The maximum Gasteiger partial charge on any atom is 0.272 e. The van der Waals surface area contributed by atoms with Crippen LogP contribution in [0.3, 0.4) is 0 Å². The van der Waals surface area contributed by atoms with E-state index in [1.807, 2.05) is 24.0 Å². The first-order valence-electron chi connectivity index (χ1n) is 9.07. The molecule has 3 heterocycles. The quantitative estimate of drug-likeness (QED) is 0.920. The average molecular weight is 340 g/mol. The van der Waals surface area contributed by atoms with Crippen molar-refractivity contribution in [1.82, 2.24) is 25.3 Å². The summed E-state index contributed by atoms with van der Waals surface area (Å²) < 4.78 is 1.84. The van der Waals surface area contributed by atoms with Crippen LogP contribution in [0.25, 0.3) is 0 Å². The predicted molar refractivity (Wildman–Crippen MR) is 94.5 cm³/mol. The van der Waals surface area contributed by atoms with Crippen molar-refractivity contribution in [3.63, 3.8) is 0 Å². The molecule has 4 rings (SSSR count). The van der Waals surface area contributed by atoms with Gasteiger partial charge in [-0.15, -0.1) is 10.2 Å². The van der Waals surface area contributed by atoms with Crippen molar-refractivity contribution in [3.05, 3.63) is 35.8 Å². The van der Waals surface area contributed by atoms with Crippen molar-refractivity contribution in [3.8, 4) is 0 Å². The van der Waals surface area contributed by atoms with Gasteiger partial charge in [-0.05, 0) is 37.0 Å². The van der Waals surface area contributed by atoms with E-state index in [0.29, 0.717) is 17.7 Å². The molecule has 1 amide bonds. The molecule has 0 spiro atoms. The lowest BCUT2D eigenvalue weighted by Crippen LogP contribution is -2.33. The first kappa shape index (κ1) is 16.1. The minimum Gasteiger partial charge on any atom is -0.354 e. The van der Waals surface area contributed by atoms with Gasteiger partial charge in [0.05, 0.1) is 6.20 Å². The Balaban J connectivity index is 1.38. The van der Waals surface area contributed by atoms with Gasteiger partial charge in [-0.25, -0.2) is 0 Å². The second kappa shape index (κ2) is 6.82.